The van der Waals surface area contributed by atoms with Gasteiger partial charge in [-0.25, -0.2) is 9.67 Å². The molecule has 1 atom stereocenters. The molecule has 1 unspecified atom stereocenters. The van der Waals surface area contributed by atoms with E-state index in [1.54, 1.807) is 0 Å². The number of pyridine rings is 1. The van der Waals surface area contributed by atoms with Crippen molar-refractivity contribution in [3.05, 3.63) is 24.0 Å². The standard InChI is InChI=1S/C16H25N5/c1-12(2)21-15-14(8-19-21)6-13(7-18-15)9-20-5-4-16(3,10-17)11-20/h6-8,12H,4-5,9-11,17H2,1-3H3. The van der Waals surface area contributed by atoms with Crippen molar-refractivity contribution in [1.82, 2.24) is 19.7 Å². The van der Waals surface area contributed by atoms with Gasteiger partial charge in [-0.2, -0.15) is 5.10 Å². The number of nitrogens with two attached hydrogens (primary N) is 1. The molecule has 1 saturated heterocycles. The van der Waals surface area contributed by atoms with Gasteiger partial charge >= 0.3 is 0 Å². The van der Waals surface area contributed by atoms with Gasteiger partial charge < -0.3 is 5.73 Å². The molecule has 0 aliphatic carbocycles. The second-order valence-corrected chi connectivity index (χ2v) is 6.91. The van der Waals surface area contributed by atoms with Crippen LogP contribution in [0.2, 0.25) is 0 Å². The summed E-state index contributed by atoms with van der Waals surface area (Å²) in [6.07, 6.45) is 5.09. The summed E-state index contributed by atoms with van der Waals surface area (Å²) < 4.78 is 1.97. The summed E-state index contributed by atoms with van der Waals surface area (Å²) >= 11 is 0. The molecule has 0 amide bonds. The van der Waals surface area contributed by atoms with E-state index >= 15 is 0 Å². The van der Waals surface area contributed by atoms with Crippen molar-refractivity contribution in [2.45, 2.75) is 39.8 Å². The Morgan fingerprint density at radius 3 is 2.86 bits per heavy atom. The zero-order valence-corrected chi connectivity index (χ0v) is 13.2. The predicted molar refractivity (Wildman–Crippen MR) is 85.0 cm³/mol. The number of likely N-dealkylation sites (tertiary alicyclic amines) is 1. The molecule has 3 rings (SSSR count). The zero-order valence-electron chi connectivity index (χ0n) is 13.2. The van der Waals surface area contributed by atoms with E-state index in [1.807, 2.05) is 17.1 Å². The first-order valence-electron chi connectivity index (χ1n) is 7.75. The fourth-order valence-corrected chi connectivity index (χ4v) is 3.14. The molecule has 5 nitrogen and oxygen atoms in total. The number of rotatable bonds is 4. The lowest BCUT2D eigenvalue weighted by Gasteiger charge is -2.22. The molecule has 1 aliphatic rings. The minimum atomic E-state index is 0.278. The lowest BCUT2D eigenvalue weighted by atomic mass is 9.90. The van der Waals surface area contributed by atoms with E-state index in [0.29, 0.717) is 6.04 Å². The van der Waals surface area contributed by atoms with E-state index in [9.17, 15) is 0 Å². The highest BCUT2D eigenvalue weighted by atomic mass is 15.3. The first kappa shape index (κ1) is 14.5. The zero-order chi connectivity index (χ0) is 15.0. The molecule has 0 saturated carbocycles. The van der Waals surface area contributed by atoms with Crippen molar-refractivity contribution in [1.29, 1.82) is 0 Å². The molecule has 0 aromatic carbocycles. The number of hydrogen-bond donors (Lipinski definition) is 1. The second kappa shape index (κ2) is 5.39. The van der Waals surface area contributed by atoms with Crippen LogP contribution >= 0.6 is 0 Å². The summed E-state index contributed by atoms with van der Waals surface area (Å²) in [5, 5.41) is 5.55. The van der Waals surface area contributed by atoms with Crippen LogP contribution in [-0.4, -0.2) is 39.3 Å². The van der Waals surface area contributed by atoms with Gasteiger partial charge in [0.05, 0.1) is 6.20 Å². The predicted octanol–water partition coefficient (Wildman–Crippen LogP) is 2.18. The third-order valence-corrected chi connectivity index (χ3v) is 4.52. The molecular weight excluding hydrogens is 262 g/mol. The van der Waals surface area contributed by atoms with Gasteiger partial charge in [0.1, 0.15) is 0 Å². The second-order valence-electron chi connectivity index (χ2n) is 6.91. The highest BCUT2D eigenvalue weighted by Gasteiger charge is 2.32. The Bertz CT molecular complexity index is 633. The normalized spacial score (nSPS) is 23.5. The average molecular weight is 287 g/mol. The fourth-order valence-electron chi connectivity index (χ4n) is 3.14. The van der Waals surface area contributed by atoms with Crippen LogP contribution in [0.1, 0.15) is 38.8 Å². The molecule has 3 heterocycles. The Labute approximate surface area is 126 Å². The van der Waals surface area contributed by atoms with Crippen molar-refractivity contribution >= 4 is 11.0 Å². The van der Waals surface area contributed by atoms with Gasteiger partial charge in [0, 0.05) is 30.7 Å². The number of hydrogen-bond acceptors (Lipinski definition) is 4. The third-order valence-electron chi connectivity index (χ3n) is 4.52. The Morgan fingerprint density at radius 2 is 2.19 bits per heavy atom. The van der Waals surface area contributed by atoms with Crippen LogP contribution in [-0.2, 0) is 6.54 Å². The van der Waals surface area contributed by atoms with Crippen molar-refractivity contribution in [3.63, 3.8) is 0 Å². The molecule has 2 aromatic heterocycles. The van der Waals surface area contributed by atoms with Crippen molar-refractivity contribution in [2.75, 3.05) is 19.6 Å². The van der Waals surface area contributed by atoms with Crippen LogP contribution in [0.25, 0.3) is 11.0 Å². The molecule has 21 heavy (non-hydrogen) atoms. The van der Waals surface area contributed by atoms with Crippen molar-refractivity contribution < 1.29 is 0 Å². The Hall–Kier alpha value is -1.46. The molecule has 2 aromatic rings. The average Bonchev–Trinajstić information content (AvgIpc) is 3.03. The quantitative estimate of drug-likeness (QED) is 0.936. The van der Waals surface area contributed by atoms with Gasteiger partial charge in [0.25, 0.3) is 0 Å². The summed E-state index contributed by atoms with van der Waals surface area (Å²) in [6, 6.07) is 2.55. The van der Waals surface area contributed by atoms with Gasteiger partial charge in [-0.05, 0) is 50.4 Å². The summed E-state index contributed by atoms with van der Waals surface area (Å²) in [6.45, 7) is 10.4. The Kier molecular flexibility index (Phi) is 3.71. The minimum Gasteiger partial charge on any atom is -0.330 e. The topological polar surface area (TPSA) is 60.0 Å². The SMILES string of the molecule is CC(C)n1ncc2cc(CN3CCC(C)(CN)C3)cnc21. The van der Waals surface area contributed by atoms with Crippen molar-refractivity contribution in [2.24, 2.45) is 11.1 Å². The lowest BCUT2D eigenvalue weighted by Crippen LogP contribution is -2.31. The molecule has 2 N–H and O–H groups in total. The molecule has 0 bridgehead atoms. The number of aromatic nitrogens is 3. The molecule has 0 spiro atoms. The van der Waals surface area contributed by atoms with E-state index in [2.05, 4.69) is 41.8 Å². The smallest absolute Gasteiger partial charge is 0.157 e. The highest BCUT2D eigenvalue weighted by Crippen LogP contribution is 2.29. The van der Waals surface area contributed by atoms with Gasteiger partial charge in [-0.3, -0.25) is 4.90 Å². The van der Waals surface area contributed by atoms with Crippen LogP contribution in [0.4, 0.5) is 0 Å². The molecule has 5 heteroatoms. The largest absolute Gasteiger partial charge is 0.330 e. The molecule has 114 valence electrons. The lowest BCUT2D eigenvalue weighted by molar-refractivity contribution is 0.274. The number of nitrogens with zero attached hydrogens (tertiary/aromatic N) is 4. The summed E-state index contributed by atoms with van der Waals surface area (Å²) in [7, 11) is 0. The van der Waals surface area contributed by atoms with E-state index < -0.39 is 0 Å². The monoisotopic (exact) mass is 287 g/mol. The summed E-state index contributed by atoms with van der Waals surface area (Å²) in [5.74, 6) is 0. The van der Waals surface area contributed by atoms with Crippen molar-refractivity contribution in [3.8, 4) is 0 Å². The van der Waals surface area contributed by atoms with E-state index in [4.69, 9.17) is 5.73 Å². The van der Waals surface area contributed by atoms with Crippen LogP contribution in [0.5, 0.6) is 0 Å². The Morgan fingerprint density at radius 1 is 1.38 bits per heavy atom. The molecular formula is C16H25N5. The Balaban J connectivity index is 1.77. The molecule has 1 fully saturated rings. The van der Waals surface area contributed by atoms with Gasteiger partial charge in [0.15, 0.2) is 5.65 Å². The molecule has 0 radical (unpaired) electrons. The van der Waals surface area contributed by atoms with Gasteiger partial charge in [0.2, 0.25) is 0 Å². The van der Waals surface area contributed by atoms with Crippen LogP contribution in [0.3, 0.4) is 0 Å². The van der Waals surface area contributed by atoms with E-state index in [0.717, 1.165) is 37.2 Å². The van der Waals surface area contributed by atoms with Crippen LogP contribution < -0.4 is 5.73 Å². The van der Waals surface area contributed by atoms with Gasteiger partial charge in [-0.15, -0.1) is 0 Å². The van der Waals surface area contributed by atoms with Crippen LogP contribution in [0, 0.1) is 5.41 Å². The van der Waals surface area contributed by atoms with E-state index in [1.165, 1.54) is 12.0 Å². The summed E-state index contributed by atoms with van der Waals surface area (Å²) in [4.78, 5) is 7.08. The maximum absolute atomic E-state index is 5.88. The third kappa shape index (κ3) is 2.80. The minimum absolute atomic E-state index is 0.278. The fraction of sp³-hybridized carbons (Fsp3) is 0.625. The van der Waals surface area contributed by atoms with Gasteiger partial charge in [-0.1, -0.05) is 6.92 Å². The molecule has 1 aliphatic heterocycles. The first-order chi connectivity index (χ1) is 10.0. The van der Waals surface area contributed by atoms with Crippen LogP contribution in [0.15, 0.2) is 18.5 Å². The first-order valence-corrected chi connectivity index (χ1v) is 7.75. The maximum atomic E-state index is 5.88. The van der Waals surface area contributed by atoms with E-state index in [-0.39, 0.29) is 5.41 Å². The number of fused-ring (bicyclic) bond motifs is 1. The highest BCUT2D eigenvalue weighted by molar-refractivity contribution is 5.75. The summed E-state index contributed by atoms with van der Waals surface area (Å²) in [5.41, 5.74) is 8.39. The maximum Gasteiger partial charge on any atom is 0.157 e.